The molecule has 1 heterocycles. The predicted molar refractivity (Wildman–Crippen MR) is 96.6 cm³/mol. The number of aliphatic hydroxyl groups is 1. The Balaban J connectivity index is 1.67. The smallest absolute Gasteiger partial charge is 0.253 e. The molecule has 4 heteroatoms. The van der Waals surface area contributed by atoms with Crippen LogP contribution in [0.2, 0.25) is 0 Å². The van der Waals surface area contributed by atoms with Gasteiger partial charge in [0.1, 0.15) is 5.75 Å². The summed E-state index contributed by atoms with van der Waals surface area (Å²) in [6.07, 6.45) is 1.20. The second-order valence-corrected chi connectivity index (χ2v) is 6.10. The molecule has 0 radical (unpaired) electrons. The zero-order valence-corrected chi connectivity index (χ0v) is 14.2. The number of amides is 1. The maximum atomic E-state index is 12.5. The van der Waals surface area contributed by atoms with Crippen molar-refractivity contribution in [2.24, 2.45) is 0 Å². The lowest BCUT2D eigenvalue weighted by Gasteiger charge is -2.30. The molecule has 0 spiro atoms. The number of rotatable bonds is 2. The van der Waals surface area contributed by atoms with E-state index >= 15 is 0 Å². The average Bonchev–Trinajstić information content (AvgIpc) is 2.66. The predicted octanol–water partition coefficient (Wildman–Crippen LogP) is 2.69. The van der Waals surface area contributed by atoms with Gasteiger partial charge in [0.2, 0.25) is 0 Å². The highest BCUT2D eigenvalue weighted by Crippen LogP contribution is 2.14. The normalized spacial score (nSPS) is 16.7. The number of nitrogens with zero attached hydrogens (tertiary/aromatic N) is 1. The largest absolute Gasteiger partial charge is 0.497 e. The van der Waals surface area contributed by atoms with Crippen molar-refractivity contribution in [3.8, 4) is 17.6 Å². The highest BCUT2D eigenvalue weighted by atomic mass is 16.5. The van der Waals surface area contributed by atoms with Crippen LogP contribution in [0.5, 0.6) is 5.75 Å². The van der Waals surface area contributed by atoms with Crippen molar-refractivity contribution in [2.45, 2.75) is 18.9 Å². The first-order chi connectivity index (χ1) is 12.2. The van der Waals surface area contributed by atoms with Crippen LogP contribution in [0.1, 0.15) is 34.3 Å². The number of β-amino-alcohol motifs (C(OH)–C–C–N with tert-alkyl or cyclic N) is 1. The van der Waals surface area contributed by atoms with Crippen molar-refractivity contribution < 1.29 is 14.6 Å². The Bertz CT molecular complexity index is 785. The van der Waals surface area contributed by atoms with Crippen LogP contribution >= 0.6 is 0 Å². The molecule has 3 rings (SSSR count). The highest BCUT2D eigenvalue weighted by Gasteiger charge is 2.22. The third kappa shape index (κ3) is 4.40. The van der Waals surface area contributed by atoms with E-state index in [1.54, 1.807) is 24.1 Å². The minimum atomic E-state index is -0.410. The lowest BCUT2D eigenvalue weighted by atomic mass is 10.1. The quantitative estimate of drug-likeness (QED) is 0.859. The van der Waals surface area contributed by atoms with Crippen molar-refractivity contribution in [3.05, 3.63) is 65.2 Å². The van der Waals surface area contributed by atoms with Crippen LogP contribution in [-0.4, -0.2) is 42.2 Å². The first-order valence-electron chi connectivity index (χ1n) is 8.39. The molecule has 1 atom stereocenters. The van der Waals surface area contributed by atoms with Crippen LogP contribution in [0.3, 0.4) is 0 Å². The molecule has 0 unspecified atom stereocenters. The van der Waals surface area contributed by atoms with Gasteiger partial charge in [-0.15, -0.1) is 0 Å². The van der Waals surface area contributed by atoms with Crippen LogP contribution in [0.25, 0.3) is 0 Å². The van der Waals surface area contributed by atoms with E-state index in [4.69, 9.17) is 4.74 Å². The lowest BCUT2D eigenvalue weighted by Crippen LogP contribution is -2.42. The number of likely N-dealkylation sites (tertiary alicyclic amines) is 1. The summed E-state index contributed by atoms with van der Waals surface area (Å²) >= 11 is 0. The summed E-state index contributed by atoms with van der Waals surface area (Å²) in [6, 6.07) is 14.9. The van der Waals surface area contributed by atoms with E-state index in [0.29, 0.717) is 18.7 Å². The van der Waals surface area contributed by atoms with Gasteiger partial charge in [-0.05, 0) is 61.4 Å². The number of ether oxygens (including phenoxy) is 1. The molecule has 1 aliphatic heterocycles. The summed E-state index contributed by atoms with van der Waals surface area (Å²) in [4.78, 5) is 14.2. The molecular weight excluding hydrogens is 314 g/mol. The summed E-state index contributed by atoms with van der Waals surface area (Å²) in [5.74, 6) is 6.96. The number of piperidine rings is 1. The van der Waals surface area contributed by atoms with Crippen LogP contribution in [0, 0.1) is 11.8 Å². The molecule has 0 aliphatic carbocycles. The van der Waals surface area contributed by atoms with E-state index in [1.165, 1.54) is 0 Å². The fraction of sp³-hybridized carbons (Fsp3) is 0.286. The molecule has 1 aliphatic rings. The molecule has 1 saturated heterocycles. The Kier molecular flexibility index (Phi) is 5.37. The molecule has 25 heavy (non-hydrogen) atoms. The molecule has 2 aromatic rings. The third-order valence-corrected chi connectivity index (χ3v) is 4.26. The van der Waals surface area contributed by atoms with Gasteiger partial charge in [-0.25, -0.2) is 0 Å². The lowest BCUT2D eigenvalue weighted by molar-refractivity contribution is 0.0474. The fourth-order valence-corrected chi connectivity index (χ4v) is 2.84. The number of methoxy groups -OCH3 is 1. The zero-order valence-electron chi connectivity index (χ0n) is 14.2. The molecule has 2 aromatic carbocycles. The van der Waals surface area contributed by atoms with Gasteiger partial charge in [0.25, 0.3) is 5.91 Å². The minimum absolute atomic E-state index is 0.0339. The van der Waals surface area contributed by atoms with E-state index in [-0.39, 0.29) is 5.91 Å². The highest BCUT2D eigenvalue weighted by molar-refractivity contribution is 5.94. The minimum Gasteiger partial charge on any atom is -0.497 e. The Hall–Kier alpha value is -2.77. The van der Waals surface area contributed by atoms with Gasteiger partial charge in [0.05, 0.1) is 13.2 Å². The van der Waals surface area contributed by atoms with Gasteiger partial charge in [-0.1, -0.05) is 11.8 Å². The van der Waals surface area contributed by atoms with E-state index in [1.807, 2.05) is 36.4 Å². The van der Waals surface area contributed by atoms with Crippen molar-refractivity contribution in [1.82, 2.24) is 4.90 Å². The van der Waals surface area contributed by atoms with Gasteiger partial charge < -0.3 is 14.7 Å². The summed E-state index contributed by atoms with van der Waals surface area (Å²) < 4.78 is 5.12. The second kappa shape index (κ2) is 7.87. The third-order valence-electron chi connectivity index (χ3n) is 4.26. The maximum absolute atomic E-state index is 12.5. The summed E-state index contributed by atoms with van der Waals surface area (Å²) in [6.45, 7) is 1.12. The molecule has 0 bridgehead atoms. The summed E-state index contributed by atoms with van der Waals surface area (Å²) in [7, 11) is 1.63. The van der Waals surface area contributed by atoms with Crippen molar-refractivity contribution in [3.63, 3.8) is 0 Å². The zero-order chi connectivity index (χ0) is 17.6. The van der Waals surface area contributed by atoms with Crippen LogP contribution in [0.15, 0.2) is 48.5 Å². The maximum Gasteiger partial charge on any atom is 0.253 e. The number of aliphatic hydroxyl groups excluding tert-OH is 1. The number of carbonyl (C=O) groups is 1. The SMILES string of the molecule is COc1ccc(C#Cc2ccc(C(=O)N3CCC[C@@H](O)C3)cc2)cc1. The van der Waals surface area contributed by atoms with Crippen molar-refractivity contribution >= 4 is 5.91 Å². The number of carbonyl (C=O) groups excluding carboxylic acids is 1. The molecule has 0 saturated carbocycles. The van der Waals surface area contributed by atoms with Gasteiger partial charge in [0, 0.05) is 29.8 Å². The van der Waals surface area contributed by atoms with E-state index in [9.17, 15) is 9.90 Å². The second-order valence-electron chi connectivity index (χ2n) is 6.10. The van der Waals surface area contributed by atoms with Gasteiger partial charge in [0.15, 0.2) is 0 Å². The first kappa shape index (κ1) is 17.1. The Labute approximate surface area is 148 Å². The van der Waals surface area contributed by atoms with Gasteiger partial charge in [-0.3, -0.25) is 4.79 Å². The van der Waals surface area contributed by atoms with Crippen molar-refractivity contribution in [1.29, 1.82) is 0 Å². The summed E-state index contributed by atoms with van der Waals surface area (Å²) in [5, 5.41) is 9.71. The Morgan fingerprint density at radius 3 is 2.24 bits per heavy atom. The Morgan fingerprint density at radius 1 is 1.08 bits per heavy atom. The van der Waals surface area contributed by atoms with Crippen LogP contribution in [0.4, 0.5) is 0 Å². The van der Waals surface area contributed by atoms with Crippen LogP contribution < -0.4 is 4.74 Å². The van der Waals surface area contributed by atoms with Crippen LogP contribution in [-0.2, 0) is 0 Å². The molecule has 0 aromatic heterocycles. The molecule has 4 nitrogen and oxygen atoms in total. The summed E-state index contributed by atoms with van der Waals surface area (Å²) in [5.41, 5.74) is 2.39. The number of benzene rings is 2. The molecule has 1 N–H and O–H groups in total. The molecular formula is C21H21NO3. The fourth-order valence-electron chi connectivity index (χ4n) is 2.84. The van der Waals surface area contributed by atoms with Crippen molar-refractivity contribution in [2.75, 3.05) is 20.2 Å². The molecule has 128 valence electrons. The number of hydrogen-bond donors (Lipinski definition) is 1. The van der Waals surface area contributed by atoms with Gasteiger partial charge >= 0.3 is 0 Å². The Morgan fingerprint density at radius 2 is 1.68 bits per heavy atom. The topological polar surface area (TPSA) is 49.8 Å². The number of hydrogen-bond acceptors (Lipinski definition) is 3. The first-order valence-corrected chi connectivity index (χ1v) is 8.39. The standard InChI is InChI=1S/C21H21NO3/c1-25-20-12-8-17(9-13-20)5-4-16-6-10-18(11-7-16)21(24)22-14-2-3-19(23)15-22/h6-13,19,23H,2-3,14-15H2,1H3/t19-/m1/s1. The average molecular weight is 335 g/mol. The monoisotopic (exact) mass is 335 g/mol. The van der Waals surface area contributed by atoms with Gasteiger partial charge in [-0.2, -0.15) is 0 Å². The molecule has 1 fully saturated rings. The van der Waals surface area contributed by atoms with E-state index < -0.39 is 6.10 Å². The van der Waals surface area contributed by atoms with E-state index in [0.717, 1.165) is 29.7 Å². The molecule has 1 amide bonds. The van der Waals surface area contributed by atoms with E-state index in [2.05, 4.69) is 11.8 Å².